The molecule has 1 atom stereocenters. The van der Waals surface area contributed by atoms with Crippen molar-refractivity contribution in [1.29, 1.82) is 0 Å². The van der Waals surface area contributed by atoms with Crippen LogP contribution in [-0.2, 0) is 0 Å². The van der Waals surface area contributed by atoms with Gasteiger partial charge in [-0.1, -0.05) is 23.7 Å². The highest BCUT2D eigenvalue weighted by Crippen LogP contribution is 2.24. The second-order valence-corrected chi connectivity index (χ2v) is 3.92. The maximum atomic E-state index is 6.12. The molecule has 1 aromatic carbocycles. The van der Waals surface area contributed by atoms with E-state index in [0.717, 1.165) is 5.56 Å². The van der Waals surface area contributed by atoms with Gasteiger partial charge < -0.3 is 10.5 Å². The zero-order valence-electron chi connectivity index (χ0n) is 9.30. The van der Waals surface area contributed by atoms with Gasteiger partial charge in [-0.3, -0.25) is 4.98 Å². The quantitative estimate of drug-likeness (QED) is 0.906. The van der Waals surface area contributed by atoms with E-state index in [1.165, 1.54) is 0 Å². The lowest BCUT2D eigenvalue weighted by molar-refractivity contribution is 0.387. The van der Waals surface area contributed by atoms with E-state index in [1.54, 1.807) is 31.6 Å². The molecule has 0 radical (unpaired) electrons. The monoisotopic (exact) mass is 249 g/mol. The molecule has 5 heteroatoms. The Morgan fingerprint density at radius 1 is 1.18 bits per heavy atom. The number of nitrogens with zero attached hydrogens (tertiary/aromatic N) is 2. The Morgan fingerprint density at radius 2 is 1.82 bits per heavy atom. The molecule has 0 aliphatic rings. The first-order chi connectivity index (χ1) is 8.22. The van der Waals surface area contributed by atoms with Gasteiger partial charge >= 0.3 is 0 Å². The first-order valence-corrected chi connectivity index (χ1v) is 5.46. The number of hydrogen-bond acceptors (Lipinski definition) is 4. The molecule has 1 heterocycles. The largest absolute Gasteiger partial charge is 0.480 e. The number of nitrogens with two attached hydrogens (primary N) is 1. The fourth-order valence-electron chi connectivity index (χ4n) is 1.53. The zero-order chi connectivity index (χ0) is 12.3. The van der Waals surface area contributed by atoms with E-state index >= 15 is 0 Å². The number of hydrogen-bond donors (Lipinski definition) is 1. The molecule has 0 aliphatic heterocycles. The predicted octanol–water partition coefficient (Wildman–Crippen LogP) is 2.19. The van der Waals surface area contributed by atoms with Gasteiger partial charge in [-0.05, 0) is 17.7 Å². The van der Waals surface area contributed by atoms with Crippen LogP contribution in [0.25, 0.3) is 0 Å². The second-order valence-electron chi connectivity index (χ2n) is 3.48. The van der Waals surface area contributed by atoms with Crippen LogP contribution in [-0.4, -0.2) is 17.1 Å². The first kappa shape index (κ1) is 11.8. The molecule has 0 saturated heterocycles. The summed E-state index contributed by atoms with van der Waals surface area (Å²) >= 11 is 5.83. The van der Waals surface area contributed by atoms with E-state index in [4.69, 9.17) is 22.1 Å². The Balaban J connectivity index is 2.36. The van der Waals surface area contributed by atoms with Gasteiger partial charge in [0.2, 0.25) is 5.88 Å². The summed E-state index contributed by atoms with van der Waals surface area (Å²) in [5, 5.41) is 0.673. The van der Waals surface area contributed by atoms with Crippen LogP contribution >= 0.6 is 11.6 Å². The van der Waals surface area contributed by atoms with Crippen LogP contribution in [0.15, 0.2) is 36.7 Å². The minimum absolute atomic E-state index is 0.379. The van der Waals surface area contributed by atoms with Gasteiger partial charge in [0.1, 0.15) is 5.69 Å². The lowest BCUT2D eigenvalue weighted by atomic mass is 10.0. The SMILES string of the molecule is COc1nccnc1C(N)c1ccc(Cl)cc1. The number of aromatic nitrogens is 2. The van der Waals surface area contributed by atoms with E-state index in [-0.39, 0.29) is 6.04 Å². The zero-order valence-corrected chi connectivity index (χ0v) is 10.1. The van der Waals surface area contributed by atoms with Crippen LogP contribution in [0.5, 0.6) is 5.88 Å². The molecule has 0 fully saturated rings. The number of rotatable bonds is 3. The van der Waals surface area contributed by atoms with E-state index in [2.05, 4.69) is 9.97 Å². The Hall–Kier alpha value is -1.65. The lowest BCUT2D eigenvalue weighted by Crippen LogP contribution is -2.15. The maximum Gasteiger partial charge on any atom is 0.237 e. The van der Waals surface area contributed by atoms with Gasteiger partial charge in [0.05, 0.1) is 13.2 Å². The van der Waals surface area contributed by atoms with Crippen LogP contribution < -0.4 is 10.5 Å². The molecule has 0 amide bonds. The summed E-state index contributed by atoms with van der Waals surface area (Å²) in [6.07, 6.45) is 3.16. The summed E-state index contributed by atoms with van der Waals surface area (Å²) in [4.78, 5) is 8.27. The van der Waals surface area contributed by atoms with Gasteiger partial charge in [-0.15, -0.1) is 0 Å². The first-order valence-electron chi connectivity index (χ1n) is 5.08. The number of ether oxygens (including phenoxy) is 1. The normalized spacial score (nSPS) is 12.2. The third kappa shape index (κ3) is 2.54. The number of benzene rings is 1. The van der Waals surface area contributed by atoms with Crippen molar-refractivity contribution in [2.45, 2.75) is 6.04 Å². The predicted molar refractivity (Wildman–Crippen MR) is 66.1 cm³/mol. The smallest absolute Gasteiger partial charge is 0.237 e. The minimum Gasteiger partial charge on any atom is -0.480 e. The highest BCUT2D eigenvalue weighted by atomic mass is 35.5. The summed E-state index contributed by atoms with van der Waals surface area (Å²) in [7, 11) is 1.54. The van der Waals surface area contributed by atoms with Crippen molar-refractivity contribution in [2.75, 3.05) is 7.11 Å². The Labute approximate surface area is 104 Å². The second kappa shape index (κ2) is 5.12. The molecule has 2 rings (SSSR count). The molecule has 17 heavy (non-hydrogen) atoms. The van der Waals surface area contributed by atoms with E-state index in [1.807, 2.05) is 12.1 Å². The summed E-state index contributed by atoms with van der Waals surface area (Å²) in [5.74, 6) is 0.440. The topological polar surface area (TPSA) is 61.0 Å². The third-order valence-electron chi connectivity index (χ3n) is 2.41. The Kier molecular flexibility index (Phi) is 3.56. The lowest BCUT2D eigenvalue weighted by Gasteiger charge is -2.13. The standard InChI is InChI=1S/C12H12ClN3O/c1-17-12-11(15-6-7-16-12)10(14)8-2-4-9(13)5-3-8/h2-7,10H,14H2,1H3. The average Bonchev–Trinajstić information content (AvgIpc) is 2.39. The Morgan fingerprint density at radius 3 is 2.47 bits per heavy atom. The van der Waals surface area contributed by atoms with Gasteiger partial charge in [0.25, 0.3) is 0 Å². The van der Waals surface area contributed by atoms with Crippen LogP contribution in [0.4, 0.5) is 0 Å². The molecular weight excluding hydrogens is 238 g/mol. The highest BCUT2D eigenvalue weighted by Gasteiger charge is 2.16. The molecule has 2 aromatic rings. The summed E-state index contributed by atoms with van der Waals surface area (Å²) in [6, 6.07) is 6.93. The third-order valence-corrected chi connectivity index (χ3v) is 2.66. The van der Waals surface area contributed by atoms with Gasteiger partial charge in [-0.25, -0.2) is 4.98 Å². The van der Waals surface area contributed by atoms with Crippen LogP contribution in [0, 0.1) is 0 Å². The van der Waals surface area contributed by atoms with Crippen molar-refractivity contribution < 1.29 is 4.74 Å². The summed E-state index contributed by atoms with van der Waals surface area (Å²) in [6.45, 7) is 0. The fourth-order valence-corrected chi connectivity index (χ4v) is 1.66. The molecule has 1 unspecified atom stereocenters. The average molecular weight is 250 g/mol. The van der Waals surface area contributed by atoms with Gasteiger partial charge in [0.15, 0.2) is 0 Å². The van der Waals surface area contributed by atoms with Gasteiger partial charge in [-0.2, -0.15) is 0 Å². The van der Waals surface area contributed by atoms with Crippen LogP contribution in [0.3, 0.4) is 0 Å². The Bertz CT molecular complexity index is 501. The molecule has 2 N–H and O–H groups in total. The fraction of sp³-hybridized carbons (Fsp3) is 0.167. The van der Waals surface area contributed by atoms with Crippen molar-refractivity contribution in [3.63, 3.8) is 0 Å². The summed E-state index contributed by atoms with van der Waals surface area (Å²) < 4.78 is 5.13. The molecule has 0 spiro atoms. The van der Waals surface area contributed by atoms with Gasteiger partial charge in [0, 0.05) is 17.4 Å². The van der Waals surface area contributed by atoms with Crippen molar-refractivity contribution in [2.24, 2.45) is 5.73 Å². The number of halogens is 1. The van der Waals surface area contributed by atoms with Crippen molar-refractivity contribution >= 4 is 11.6 Å². The highest BCUT2D eigenvalue weighted by molar-refractivity contribution is 6.30. The van der Waals surface area contributed by atoms with E-state index < -0.39 is 0 Å². The van der Waals surface area contributed by atoms with E-state index in [0.29, 0.717) is 16.6 Å². The molecule has 4 nitrogen and oxygen atoms in total. The molecule has 1 aromatic heterocycles. The number of methoxy groups -OCH3 is 1. The maximum absolute atomic E-state index is 6.12. The molecule has 0 bridgehead atoms. The molecule has 0 aliphatic carbocycles. The van der Waals surface area contributed by atoms with Crippen molar-refractivity contribution in [1.82, 2.24) is 9.97 Å². The summed E-state index contributed by atoms with van der Waals surface area (Å²) in [5.41, 5.74) is 7.64. The molecule has 88 valence electrons. The minimum atomic E-state index is -0.379. The molecular formula is C12H12ClN3O. The van der Waals surface area contributed by atoms with Crippen molar-refractivity contribution in [3.05, 3.63) is 52.9 Å². The van der Waals surface area contributed by atoms with E-state index in [9.17, 15) is 0 Å². The van der Waals surface area contributed by atoms with Crippen LogP contribution in [0.2, 0.25) is 5.02 Å². The molecule has 0 saturated carbocycles. The van der Waals surface area contributed by atoms with Crippen LogP contribution in [0.1, 0.15) is 17.3 Å². The van der Waals surface area contributed by atoms with Crippen molar-refractivity contribution in [3.8, 4) is 5.88 Å².